The maximum atomic E-state index is 14.3. The molecule has 4 bridgehead atoms. The van der Waals surface area contributed by atoms with Crippen molar-refractivity contribution in [3.8, 4) is 0 Å². The molecular formula is C25H22F3NO6S2. The molecule has 0 radical (unpaired) electrons. The van der Waals surface area contributed by atoms with Gasteiger partial charge in [-0.25, -0.2) is 8.42 Å². The summed E-state index contributed by atoms with van der Waals surface area (Å²) in [5.41, 5.74) is -3.33. The molecule has 2 aromatic rings. The second-order valence-corrected chi connectivity index (χ2v) is 13.7. The zero-order valence-electron chi connectivity index (χ0n) is 19.5. The summed E-state index contributed by atoms with van der Waals surface area (Å²) in [5.74, 6) is -0.961. The molecule has 196 valence electrons. The third-order valence-electron chi connectivity index (χ3n) is 8.05. The largest absolute Gasteiger partial charge is 0.534 e. The van der Waals surface area contributed by atoms with E-state index in [1.807, 2.05) is 0 Å². The Morgan fingerprint density at radius 2 is 1.65 bits per heavy atom. The van der Waals surface area contributed by atoms with Crippen molar-refractivity contribution in [2.75, 3.05) is 0 Å². The highest BCUT2D eigenvalue weighted by Crippen LogP contribution is 2.67. The van der Waals surface area contributed by atoms with Crippen molar-refractivity contribution in [3.63, 3.8) is 0 Å². The number of benzene rings is 2. The van der Waals surface area contributed by atoms with Gasteiger partial charge in [0.25, 0.3) is 0 Å². The Morgan fingerprint density at radius 3 is 2.30 bits per heavy atom. The van der Waals surface area contributed by atoms with Gasteiger partial charge in [-0.15, -0.1) is 0 Å². The number of ketones is 1. The molecule has 5 atom stereocenters. The number of nitrogens with zero attached hydrogens (tertiary/aromatic N) is 1. The first kappa shape index (κ1) is 24.6. The van der Waals surface area contributed by atoms with Crippen molar-refractivity contribution in [1.29, 1.82) is 0 Å². The predicted octanol–water partition coefficient (Wildman–Crippen LogP) is 4.26. The molecule has 0 aromatic heterocycles. The summed E-state index contributed by atoms with van der Waals surface area (Å²) < 4.78 is 94.5. The van der Waals surface area contributed by atoms with Crippen LogP contribution in [-0.2, 0) is 28.9 Å². The van der Waals surface area contributed by atoms with Gasteiger partial charge >= 0.3 is 15.6 Å². The van der Waals surface area contributed by atoms with Gasteiger partial charge in [-0.2, -0.15) is 21.6 Å². The number of Topliss-reactive ketones (excluding diaryl/α,β-unsaturated/α-hetero) is 1. The second-order valence-electron chi connectivity index (χ2n) is 9.97. The molecular weight excluding hydrogens is 531 g/mol. The van der Waals surface area contributed by atoms with Crippen LogP contribution in [-0.4, -0.2) is 43.8 Å². The van der Waals surface area contributed by atoms with Gasteiger partial charge in [0.1, 0.15) is 5.76 Å². The van der Waals surface area contributed by atoms with E-state index in [0.717, 1.165) is 5.56 Å². The fourth-order valence-corrected chi connectivity index (χ4v) is 9.27. The molecule has 0 saturated carbocycles. The number of fused-ring (bicyclic) bond motifs is 3. The molecule has 4 aliphatic rings. The molecule has 1 unspecified atom stereocenters. The van der Waals surface area contributed by atoms with Crippen LogP contribution in [0.4, 0.5) is 13.2 Å². The zero-order chi connectivity index (χ0) is 26.5. The zero-order valence-corrected chi connectivity index (χ0v) is 21.2. The molecule has 2 saturated heterocycles. The van der Waals surface area contributed by atoms with E-state index >= 15 is 0 Å². The van der Waals surface area contributed by atoms with E-state index in [4.69, 9.17) is 0 Å². The first-order chi connectivity index (χ1) is 17.3. The Kier molecular flexibility index (Phi) is 5.11. The van der Waals surface area contributed by atoms with Gasteiger partial charge in [-0.1, -0.05) is 42.0 Å². The van der Waals surface area contributed by atoms with Crippen molar-refractivity contribution >= 4 is 25.7 Å². The molecule has 0 N–H and O–H groups in total. The molecule has 3 aliphatic heterocycles. The highest BCUT2D eigenvalue weighted by atomic mass is 32.2. The van der Waals surface area contributed by atoms with Crippen LogP contribution < -0.4 is 0 Å². The summed E-state index contributed by atoms with van der Waals surface area (Å²) in [6.45, 7) is 1.79. The number of hydrogen-bond donors (Lipinski definition) is 0. The Balaban J connectivity index is 1.59. The van der Waals surface area contributed by atoms with Crippen LogP contribution in [0.25, 0.3) is 0 Å². The number of rotatable bonds is 4. The number of allylic oxidation sites excluding steroid dienone is 1. The van der Waals surface area contributed by atoms with Crippen LogP contribution in [0.2, 0.25) is 0 Å². The van der Waals surface area contributed by atoms with Crippen LogP contribution in [0.1, 0.15) is 54.5 Å². The number of hydrogen-bond acceptors (Lipinski definition) is 7. The van der Waals surface area contributed by atoms with Crippen LogP contribution in [0, 0.1) is 6.92 Å². The Hall–Kier alpha value is -2.70. The first-order valence-electron chi connectivity index (χ1n) is 11.8. The van der Waals surface area contributed by atoms with Crippen molar-refractivity contribution < 1.29 is 39.0 Å². The minimum atomic E-state index is -5.96. The van der Waals surface area contributed by atoms with E-state index in [9.17, 15) is 34.8 Å². The number of carbonyl (C=O) groups excluding carboxylic acids is 1. The lowest BCUT2D eigenvalue weighted by Gasteiger charge is -2.46. The molecule has 12 heteroatoms. The van der Waals surface area contributed by atoms with Crippen molar-refractivity contribution in [1.82, 2.24) is 4.90 Å². The van der Waals surface area contributed by atoms with E-state index in [2.05, 4.69) is 4.18 Å². The molecule has 0 amide bonds. The van der Waals surface area contributed by atoms with Gasteiger partial charge in [0.2, 0.25) is 0 Å². The van der Waals surface area contributed by atoms with E-state index in [1.165, 1.54) is 12.1 Å². The highest BCUT2D eigenvalue weighted by Gasteiger charge is 2.75. The number of halogens is 3. The number of sulfone groups is 1. The number of aryl methyl sites for hydroxylation is 1. The van der Waals surface area contributed by atoms with Crippen LogP contribution >= 0.6 is 0 Å². The van der Waals surface area contributed by atoms with Gasteiger partial charge in [0, 0.05) is 18.9 Å². The number of alkyl halides is 3. The number of piperidine rings is 1. The van der Waals surface area contributed by atoms with E-state index in [0.29, 0.717) is 24.0 Å². The van der Waals surface area contributed by atoms with Crippen molar-refractivity contribution in [2.45, 2.75) is 65.9 Å². The molecule has 3 heterocycles. The van der Waals surface area contributed by atoms with E-state index in [1.54, 1.807) is 48.2 Å². The summed E-state index contributed by atoms with van der Waals surface area (Å²) in [6, 6.07) is 10.7. The van der Waals surface area contributed by atoms with Crippen LogP contribution in [0.15, 0.2) is 64.8 Å². The maximum absolute atomic E-state index is 14.3. The molecule has 2 fully saturated rings. The van der Waals surface area contributed by atoms with Gasteiger partial charge in [0.15, 0.2) is 20.4 Å². The van der Waals surface area contributed by atoms with Gasteiger partial charge < -0.3 is 4.18 Å². The minimum absolute atomic E-state index is 0.0725. The third kappa shape index (κ3) is 3.12. The Labute approximate surface area is 212 Å². The van der Waals surface area contributed by atoms with Crippen LogP contribution in [0.3, 0.4) is 0 Å². The summed E-state index contributed by atoms with van der Waals surface area (Å²) in [5, 5.41) is 0. The fourth-order valence-electron chi connectivity index (χ4n) is 6.54. The van der Waals surface area contributed by atoms with Gasteiger partial charge in [0.05, 0.1) is 17.0 Å². The normalized spacial score (nSPS) is 30.8. The lowest BCUT2D eigenvalue weighted by Crippen LogP contribution is -2.55. The fraction of sp³-hybridized carbons (Fsp3) is 0.400. The second kappa shape index (κ2) is 7.67. The molecule has 2 aromatic carbocycles. The van der Waals surface area contributed by atoms with Gasteiger partial charge in [-0.05, 0) is 48.6 Å². The molecule has 0 spiro atoms. The van der Waals surface area contributed by atoms with Crippen molar-refractivity contribution in [2.24, 2.45) is 0 Å². The topological polar surface area (TPSA) is 97.8 Å². The van der Waals surface area contributed by atoms with Crippen LogP contribution in [0.5, 0.6) is 0 Å². The molecule has 37 heavy (non-hydrogen) atoms. The standard InChI is InChI=1S/C25H22F3NO6S2/c1-14-9-11-15(12-10-14)36(31,32)24-13-18-19(7-4-8-20(18)35-37(33,34)25(26,27)28)29-21(23(24)30)16-5-2-3-6-17(16)22(24)29/h2-3,5-6,9-12,19,21-22H,4,7-8,13H2,1H3/t19-,21+,22-,24+/m1/s1. The molecule has 6 rings (SSSR count). The van der Waals surface area contributed by atoms with Gasteiger partial charge in [-0.3, -0.25) is 9.69 Å². The summed E-state index contributed by atoms with van der Waals surface area (Å²) >= 11 is 0. The first-order valence-corrected chi connectivity index (χ1v) is 14.6. The summed E-state index contributed by atoms with van der Waals surface area (Å²) in [7, 11) is -10.3. The third-order valence-corrected chi connectivity index (χ3v) is 11.5. The molecule has 7 nitrogen and oxygen atoms in total. The Morgan fingerprint density at radius 1 is 1.00 bits per heavy atom. The average Bonchev–Trinajstić information content (AvgIpc) is 3.27. The van der Waals surface area contributed by atoms with E-state index in [-0.39, 0.29) is 16.9 Å². The lowest BCUT2D eigenvalue weighted by molar-refractivity contribution is -0.121. The van der Waals surface area contributed by atoms with E-state index < -0.39 is 66.3 Å². The highest BCUT2D eigenvalue weighted by molar-refractivity contribution is 7.93. The average molecular weight is 554 g/mol. The lowest BCUT2D eigenvalue weighted by atomic mass is 9.74. The summed E-state index contributed by atoms with van der Waals surface area (Å²) in [4.78, 5) is 15.8. The maximum Gasteiger partial charge on any atom is 0.534 e. The smallest absolute Gasteiger partial charge is 0.381 e. The minimum Gasteiger partial charge on any atom is -0.381 e. The predicted molar refractivity (Wildman–Crippen MR) is 125 cm³/mol. The SMILES string of the molecule is Cc1ccc(S(=O)(=O)[C@]23CC4=C(OS(=O)(=O)C(F)(F)F)CCC[C@H]4N4[C@H](C2=O)c2ccccc2[C@@H]43)cc1. The quantitative estimate of drug-likeness (QED) is 0.412. The Bertz CT molecular complexity index is 1580. The van der Waals surface area contributed by atoms with Crippen molar-refractivity contribution in [3.05, 3.63) is 76.6 Å². The molecule has 1 aliphatic carbocycles. The summed E-state index contributed by atoms with van der Waals surface area (Å²) in [6.07, 6.45) is 0.228. The number of carbonyl (C=O) groups is 1. The monoisotopic (exact) mass is 553 g/mol.